The molecule has 0 heterocycles. The van der Waals surface area contributed by atoms with E-state index in [1.807, 2.05) is 30.3 Å². The van der Waals surface area contributed by atoms with E-state index in [1.165, 1.54) is 0 Å². The number of rotatable bonds is 4. The molecule has 1 fully saturated rings. The molecule has 0 aliphatic heterocycles. The molecule has 2 rings (SSSR count). The molecule has 0 radical (unpaired) electrons. The van der Waals surface area contributed by atoms with Crippen molar-refractivity contribution in [1.82, 2.24) is 0 Å². The van der Waals surface area contributed by atoms with Crippen LogP contribution in [0.5, 0.6) is 0 Å². The van der Waals surface area contributed by atoms with Crippen LogP contribution >= 0.6 is 0 Å². The third kappa shape index (κ3) is 3.35. The lowest BCUT2D eigenvalue weighted by Crippen LogP contribution is -2.55. The van der Waals surface area contributed by atoms with Crippen molar-refractivity contribution >= 4 is 0 Å². The highest BCUT2D eigenvalue weighted by Crippen LogP contribution is 2.34. The van der Waals surface area contributed by atoms with E-state index in [0.29, 0.717) is 18.4 Å². The zero-order valence-electron chi connectivity index (χ0n) is 11.8. The van der Waals surface area contributed by atoms with E-state index in [2.05, 4.69) is 13.8 Å². The molecule has 1 saturated carbocycles. The summed E-state index contributed by atoms with van der Waals surface area (Å²) in [6.07, 6.45) is 1.36. The summed E-state index contributed by atoms with van der Waals surface area (Å²) in [4.78, 5) is 0. The number of aliphatic hydroxyl groups excluding tert-OH is 1. The summed E-state index contributed by atoms with van der Waals surface area (Å²) in [6, 6.07) is 9.83. The second-order valence-corrected chi connectivity index (χ2v) is 5.67. The van der Waals surface area contributed by atoms with Crippen molar-refractivity contribution in [2.75, 3.05) is 0 Å². The summed E-state index contributed by atoms with van der Waals surface area (Å²) >= 11 is 0. The molecule has 1 aliphatic rings. The topological polar surface area (TPSA) is 55.5 Å². The van der Waals surface area contributed by atoms with Crippen LogP contribution in [0.1, 0.15) is 32.3 Å². The van der Waals surface area contributed by atoms with Gasteiger partial charge in [-0.1, -0.05) is 50.6 Å². The Hall–Kier alpha value is -0.900. The van der Waals surface area contributed by atoms with E-state index in [1.54, 1.807) is 0 Å². The van der Waals surface area contributed by atoms with Crippen molar-refractivity contribution < 1.29 is 9.84 Å². The fourth-order valence-corrected chi connectivity index (χ4v) is 3.09. The second-order valence-electron chi connectivity index (χ2n) is 5.67. The first kappa shape index (κ1) is 14.5. The van der Waals surface area contributed by atoms with Crippen LogP contribution in [0.4, 0.5) is 0 Å². The van der Waals surface area contributed by atoms with Gasteiger partial charge in [-0.3, -0.25) is 0 Å². The molecule has 3 heteroatoms. The third-order valence-corrected chi connectivity index (χ3v) is 4.44. The van der Waals surface area contributed by atoms with Crippen LogP contribution < -0.4 is 5.73 Å². The SMILES string of the molecule is CC[C@H]1C[C@H](O)[C@H](N)[C@@H](OCc2ccccc2)[C@@H]1C. The van der Waals surface area contributed by atoms with Gasteiger partial charge in [-0.05, 0) is 23.8 Å². The summed E-state index contributed by atoms with van der Waals surface area (Å²) in [7, 11) is 0. The zero-order chi connectivity index (χ0) is 13.8. The Kier molecular flexibility index (Phi) is 4.97. The van der Waals surface area contributed by atoms with Gasteiger partial charge in [0.1, 0.15) is 0 Å². The summed E-state index contributed by atoms with van der Waals surface area (Å²) in [5.41, 5.74) is 7.27. The number of benzene rings is 1. The van der Waals surface area contributed by atoms with Crippen molar-refractivity contribution in [3.8, 4) is 0 Å². The number of hydrogen-bond acceptors (Lipinski definition) is 3. The quantitative estimate of drug-likeness (QED) is 0.876. The molecule has 1 aromatic carbocycles. The molecule has 106 valence electrons. The summed E-state index contributed by atoms with van der Waals surface area (Å²) in [5, 5.41) is 10.1. The highest BCUT2D eigenvalue weighted by Gasteiger charge is 2.40. The van der Waals surface area contributed by atoms with Gasteiger partial charge < -0.3 is 15.6 Å². The lowest BCUT2D eigenvalue weighted by molar-refractivity contribution is -0.0899. The molecule has 0 amide bonds. The first-order chi connectivity index (χ1) is 9.13. The van der Waals surface area contributed by atoms with E-state index >= 15 is 0 Å². The summed E-state index contributed by atoms with van der Waals surface area (Å²) in [5.74, 6) is 0.891. The minimum absolute atomic E-state index is 0.0612. The number of hydrogen-bond donors (Lipinski definition) is 2. The Morgan fingerprint density at radius 1 is 1.32 bits per heavy atom. The van der Waals surface area contributed by atoms with E-state index in [9.17, 15) is 5.11 Å². The van der Waals surface area contributed by atoms with Crippen molar-refractivity contribution in [3.63, 3.8) is 0 Å². The van der Waals surface area contributed by atoms with Crippen LogP contribution in [0, 0.1) is 11.8 Å². The molecule has 3 nitrogen and oxygen atoms in total. The van der Waals surface area contributed by atoms with Crippen molar-refractivity contribution in [2.45, 2.75) is 51.5 Å². The number of nitrogens with two attached hydrogens (primary N) is 1. The summed E-state index contributed by atoms with van der Waals surface area (Å²) in [6.45, 7) is 4.92. The second kappa shape index (κ2) is 6.51. The molecule has 5 atom stereocenters. The van der Waals surface area contributed by atoms with E-state index in [0.717, 1.165) is 18.4 Å². The van der Waals surface area contributed by atoms with Gasteiger partial charge >= 0.3 is 0 Å². The molecule has 0 aromatic heterocycles. The van der Waals surface area contributed by atoms with Crippen molar-refractivity contribution in [1.29, 1.82) is 0 Å². The lowest BCUT2D eigenvalue weighted by Gasteiger charge is -2.42. The molecule has 0 bridgehead atoms. The van der Waals surface area contributed by atoms with Gasteiger partial charge in [0.05, 0.1) is 24.9 Å². The molecular formula is C16H25NO2. The minimum atomic E-state index is -0.443. The van der Waals surface area contributed by atoms with Crippen LogP contribution in [-0.2, 0) is 11.3 Å². The Morgan fingerprint density at radius 3 is 2.63 bits per heavy atom. The Bertz CT molecular complexity index is 382. The Balaban J connectivity index is 2.00. The van der Waals surface area contributed by atoms with Gasteiger partial charge in [0, 0.05) is 0 Å². The maximum Gasteiger partial charge on any atom is 0.0783 e. The number of ether oxygens (including phenoxy) is 1. The van der Waals surface area contributed by atoms with Crippen LogP contribution in [0.15, 0.2) is 30.3 Å². The van der Waals surface area contributed by atoms with E-state index in [-0.39, 0.29) is 12.1 Å². The molecule has 0 saturated heterocycles. The van der Waals surface area contributed by atoms with Gasteiger partial charge in [0.25, 0.3) is 0 Å². The minimum Gasteiger partial charge on any atom is -0.391 e. The average molecular weight is 263 g/mol. The highest BCUT2D eigenvalue weighted by molar-refractivity contribution is 5.13. The molecular weight excluding hydrogens is 238 g/mol. The molecule has 1 aliphatic carbocycles. The van der Waals surface area contributed by atoms with Gasteiger partial charge in [-0.15, -0.1) is 0 Å². The van der Waals surface area contributed by atoms with Crippen LogP contribution in [-0.4, -0.2) is 23.4 Å². The smallest absolute Gasteiger partial charge is 0.0783 e. The summed E-state index contributed by atoms with van der Waals surface area (Å²) < 4.78 is 6.01. The monoisotopic (exact) mass is 263 g/mol. The molecule has 19 heavy (non-hydrogen) atoms. The maximum absolute atomic E-state index is 10.1. The van der Waals surface area contributed by atoms with Crippen LogP contribution in [0.3, 0.4) is 0 Å². The predicted molar refractivity (Wildman–Crippen MR) is 76.6 cm³/mol. The van der Waals surface area contributed by atoms with E-state index < -0.39 is 6.10 Å². The normalized spacial score (nSPS) is 35.3. The van der Waals surface area contributed by atoms with Crippen molar-refractivity contribution in [3.05, 3.63) is 35.9 Å². The van der Waals surface area contributed by atoms with Crippen LogP contribution in [0.2, 0.25) is 0 Å². The average Bonchev–Trinajstić information content (AvgIpc) is 2.44. The van der Waals surface area contributed by atoms with Gasteiger partial charge in [-0.2, -0.15) is 0 Å². The van der Waals surface area contributed by atoms with Gasteiger partial charge in [0.15, 0.2) is 0 Å². The Morgan fingerprint density at radius 2 is 2.00 bits per heavy atom. The molecule has 0 spiro atoms. The van der Waals surface area contributed by atoms with Gasteiger partial charge in [-0.25, -0.2) is 0 Å². The fraction of sp³-hybridized carbons (Fsp3) is 0.625. The first-order valence-corrected chi connectivity index (χ1v) is 7.22. The molecule has 3 N–H and O–H groups in total. The highest BCUT2D eigenvalue weighted by atomic mass is 16.5. The van der Waals surface area contributed by atoms with Crippen LogP contribution in [0.25, 0.3) is 0 Å². The largest absolute Gasteiger partial charge is 0.391 e. The maximum atomic E-state index is 10.1. The first-order valence-electron chi connectivity index (χ1n) is 7.22. The standard InChI is InChI=1S/C16H25NO2/c1-3-13-9-14(18)15(17)16(11(13)2)19-10-12-7-5-4-6-8-12/h4-8,11,13-16,18H,3,9-10,17H2,1-2H3/t11-,13+,14+,15+,16+/m1/s1. The van der Waals surface area contributed by atoms with Gasteiger partial charge in [0.2, 0.25) is 0 Å². The Labute approximate surface area is 115 Å². The molecule has 1 aromatic rings. The number of aliphatic hydroxyl groups is 1. The van der Waals surface area contributed by atoms with Crippen molar-refractivity contribution in [2.24, 2.45) is 17.6 Å². The third-order valence-electron chi connectivity index (χ3n) is 4.44. The molecule has 0 unspecified atom stereocenters. The van der Waals surface area contributed by atoms with E-state index in [4.69, 9.17) is 10.5 Å². The zero-order valence-corrected chi connectivity index (χ0v) is 11.8. The fourth-order valence-electron chi connectivity index (χ4n) is 3.09. The predicted octanol–water partition coefficient (Wildman–Crippen LogP) is 2.33. The lowest BCUT2D eigenvalue weighted by atomic mass is 9.73.